The van der Waals surface area contributed by atoms with Crippen LogP contribution in [0.15, 0.2) is 68.1 Å². The normalized spacial score (nSPS) is 19.7. The SMILES string of the molecule is CC1(C)CC(=O)C2=C(C1)N(c1nnc(SCc3ccccc3Cl)s1)C(N)=C(C#N)[C@H]2c1ccsc1. The van der Waals surface area contributed by atoms with Crippen molar-refractivity contribution in [2.45, 2.75) is 42.7 Å². The van der Waals surface area contributed by atoms with E-state index in [4.69, 9.17) is 17.3 Å². The van der Waals surface area contributed by atoms with Crippen LogP contribution in [0.3, 0.4) is 0 Å². The maximum Gasteiger partial charge on any atom is 0.219 e. The lowest BCUT2D eigenvalue weighted by Gasteiger charge is -2.42. The minimum absolute atomic E-state index is 0.0514. The number of hydrogen-bond donors (Lipinski definition) is 1. The molecule has 2 aliphatic rings. The minimum Gasteiger partial charge on any atom is -0.384 e. The molecule has 1 atom stereocenters. The molecule has 0 fully saturated rings. The van der Waals surface area contributed by atoms with Gasteiger partial charge in [0.2, 0.25) is 5.13 Å². The molecule has 0 amide bonds. The van der Waals surface area contributed by atoms with Crippen LogP contribution in [0.4, 0.5) is 5.13 Å². The Morgan fingerprint density at radius 2 is 2.09 bits per heavy atom. The quantitative estimate of drug-likeness (QED) is 0.370. The molecule has 2 aromatic heterocycles. The molecule has 3 heterocycles. The van der Waals surface area contributed by atoms with Crippen molar-refractivity contribution in [3.05, 3.63) is 79.9 Å². The molecule has 178 valence electrons. The van der Waals surface area contributed by atoms with Gasteiger partial charge in [-0.3, -0.25) is 9.69 Å². The Hall–Kier alpha value is -2.64. The Morgan fingerprint density at radius 3 is 2.80 bits per heavy atom. The van der Waals surface area contributed by atoms with Gasteiger partial charge in [-0.25, -0.2) is 0 Å². The molecule has 0 unspecified atom stereocenters. The number of nitriles is 1. The predicted molar refractivity (Wildman–Crippen MR) is 142 cm³/mol. The Morgan fingerprint density at radius 1 is 1.29 bits per heavy atom. The second-order valence-electron chi connectivity index (χ2n) is 9.27. The van der Waals surface area contributed by atoms with Gasteiger partial charge < -0.3 is 5.73 Å². The lowest BCUT2D eigenvalue weighted by atomic mass is 9.69. The number of halogens is 1. The molecule has 3 aromatic rings. The molecule has 0 saturated heterocycles. The van der Waals surface area contributed by atoms with Gasteiger partial charge in [0.25, 0.3) is 0 Å². The number of ketones is 1. The van der Waals surface area contributed by atoms with Crippen LogP contribution in [0.2, 0.25) is 5.02 Å². The van der Waals surface area contributed by atoms with Crippen LogP contribution in [0.5, 0.6) is 0 Å². The van der Waals surface area contributed by atoms with Gasteiger partial charge >= 0.3 is 0 Å². The van der Waals surface area contributed by atoms with Gasteiger partial charge in [-0.1, -0.05) is 66.7 Å². The number of carbonyl (C=O) groups excluding carboxylic acids is 1. The van der Waals surface area contributed by atoms with E-state index in [1.54, 1.807) is 4.90 Å². The molecule has 0 saturated carbocycles. The van der Waals surface area contributed by atoms with E-state index in [1.165, 1.54) is 34.4 Å². The van der Waals surface area contributed by atoms with Crippen LogP contribution < -0.4 is 10.6 Å². The zero-order valence-electron chi connectivity index (χ0n) is 19.1. The summed E-state index contributed by atoms with van der Waals surface area (Å²) >= 11 is 10.8. The molecular formula is C25H22ClN5OS3. The first-order valence-electron chi connectivity index (χ1n) is 11.0. The Kier molecular flexibility index (Phi) is 6.49. The van der Waals surface area contributed by atoms with E-state index in [2.05, 4.69) is 30.1 Å². The van der Waals surface area contributed by atoms with Crippen LogP contribution >= 0.6 is 46.0 Å². The standard InChI is InChI=1S/C25H22ClN5OS3/c1-25(2)9-18-21(19(32)10-25)20(15-7-8-33-12-15)16(11-27)22(28)31(18)23-29-30-24(35-23)34-13-14-5-3-4-6-17(14)26/h3-8,12,20H,9-10,13,28H2,1-2H3/t20-/m1/s1. The average molecular weight is 540 g/mol. The van der Waals surface area contributed by atoms with Crippen molar-refractivity contribution in [1.29, 1.82) is 5.26 Å². The lowest BCUT2D eigenvalue weighted by molar-refractivity contribution is -0.118. The minimum atomic E-state index is -0.455. The molecule has 5 rings (SSSR count). The average Bonchev–Trinajstić information content (AvgIpc) is 3.49. The second-order valence-corrected chi connectivity index (χ2v) is 12.6. The second kappa shape index (κ2) is 9.43. The Labute approximate surface area is 221 Å². The van der Waals surface area contributed by atoms with Gasteiger partial charge in [0.1, 0.15) is 5.82 Å². The molecule has 0 bridgehead atoms. The third kappa shape index (κ3) is 4.52. The number of thiophene rings is 1. The molecule has 1 aliphatic heterocycles. The van der Waals surface area contributed by atoms with Crippen molar-refractivity contribution < 1.29 is 4.79 Å². The van der Waals surface area contributed by atoms with Gasteiger partial charge in [-0.05, 0) is 45.9 Å². The van der Waals surface area contributed by atoms with Crippen LogP contribution in [-0.2, 0) is 10.5 Å². The molecule has 2 N–H and O–H groups in total. The Balaban J connectivity index is 1.55. The number of allylic oxidation sites excluding steroid dienone is 3. The van der Waals surface area contributed by atoms with Crippen molar-refractivity contribution in [2.75, 3.05) is 4.90 Å². The molecule has 0 spiro atoms. The summed E-state index contributed by atoms with van der Waals surface area (Å²) in [6.07, 6.45) is 1.07. The number of aromatic nitrogens is 2. The van der Waals surface area contributed by atoms with Gasteiger partial charge in [-0.15, -0.1) is 10.2 Å². The Bertz CT molecular complexity index is 1400. The van der Waals surface area contributed by atoms with Crippen molar-refractivity contribution in [2.24, 2.45) is 11.1 Å². The zero-order valence-corrected chi connectivity index (χ0v) is 22.3. The van der Waals surface area contributed by atoms with Crippen LogP contribution in [0.1, 0.15) is 43.7 Å². The van der Waals surface area contributed by atoms with Gasteiger partial charge in [0, 0.05) is 28.5 Å². The highest BCUT2D eigenvalue weighted by Gasteiger charge is 2.45. The molecule has 35 heavy (non-hydrogen) atoms. The molecule has 0 radical (unpaired) electrons. The number of Topliss-reactive ketones (excluding diaryl/α,β-unsaturated/α-hetero) is 1. The topological polar surface area (TPSA) is 95.9 Å². The summed E-state index contributed by atoms with van der Waals surface area (Å²) in [6.45, 7) is 4.16. The molecule has 1 aliphatic carbocycles. The first-order valence-corrected chi connectivity index (χ1v) is 14.1. The number of benzene rings is 1. The summed E-state index contributed by atoms with van der Waals surface area (Å²) in [5.74, 6) is 0.563. The summed E-state index contributed by atoms with van der Waals surface area (Å²) in [6, 6.07) is 12.0. The highest BCUT2D eigenvalue weighted by Crippen LogP contribution is 2.51. The number of nitrogens with zero attached hydrogens (tertiary/aromatic N) is 4. The fourth-order valence-corrected chi connectivity index (χ4v) is 7.46. The summed E-state index contributed by atoms with van der Waals surface area (Å²) in [5, 5.41) is 24.1. The summed E-state index contributed by atoms with van der Waals surface area (Å²) in [5.41, 5.74) is 10.2. The van der Waals surface area contributed by atoms with Crippen molar-refractivity contribution in [3.8, 4) is 6.07 Å². The van der Waals surface area contributed by atoms with Crippen molar-refractivity contribution >= 4 is 57.0 Å². The van der Waals surface area contributed by atoms with Gasteiger partial charge in [0.15, 0.2) is 10.1 Å². The van der Waals surface area contributed by atoms with Crippen molar-refractivity contribution in [1.82, 2.24) is 10.2 Å². The molecule has 1 aromatic carbocycles. The molecular weight excluding hydrogens is 518 g/mol. The number of anilines is 1. The first kappa shape index (κ1) is 24.1. The first-order chi connectivity index (χ1) is 16.8. The van der Waals surface area contributed by atoms with E-state index in [9.17, 15) is 10.1 Å². The monoisotopic (exact) mass is 539 g/mol. The smallest absolute Gasteiger partial charge is 0.219 e. The van der Waals surface area contributed by atoms with Crippen LogP contribution in [-0.4, -0.2) is 16.0 Å². The number of thioether (sulfide) groups is 1. The largest absolute Gasteiger partial charge is 0.384 e. The zero-order chi connectivity index (χ0) is 24.7. The number of nitrogens with two attached hydrogens (primary N) is 1. The third-order valence-corrected chi connectivity index (χ3v) is 9.31. The van der Waals surface area contributed by atoms with E-state index in [-0.39, 0.29) is 11.2 Å². The fourth-order valence-electron chi connectivity index (χ4n) is 4.61. The highest BCUT2D eigenvalue weighted by molar-refractivity contribution is 8.00. The highest BCUT2D eigenvalue weighted by atomic mass is 35.5. The van der Waals surface area contributed by atoms with E-state index in [0.29, 0.717) is 45.7 Å². The number of hydrogen-bond acceptors (Lipinski definition) is 9. The maximum absolute atomic E-state index is 13.5. The van der Waals surface area contributed by atoms with E-state index < -0.39 is 5.92 Å². The fraction of sp³-hybridized carbons (Fsp3) is 0.280. The molecule has 6 nitrogen and oxygen atoms in total. The van der Waals surface area contributed by atoms with Crippen molar-refractivity contribution in [3.63, 3.8) is 0 Å². The maximum atomic E-state index is 13.5. The third-order valence-electron chi connectivity index (χ3n) is 6.15. The number of carbonyl (C=O) groups is 1. The van der Waals surface area contributed by atoms with Gasteiger partial charge in [0.05, 0.1) is 17.6 Å². The van der Waals surface area contributed by atoms with Crippen LogP contribution in [0, 0.1) is 16.7 Å². The summed E-state index contributed by atoms with van der Waals surface area (Å²) < 4.78 is 0.759. The van der Waals surface area contributed by atoms with Gasteiger partial charge in [-0.2, -0.15) is 16.6 Å². The lowest BCUT2D eigenvalue weighted by Crippen LogP contribution is -2.42. The van der Waals surface area contributed by atoms with E-state index in [1.807, 2.05) is 41.1 Å². The summed E-state index contributed by atoms with van der Waals surface area (Å²) in [4.78, 5) is 15.3. The summed E-state index contributed by atoms with van der Waals surface area (Å²) in [7, 11) is 0. The van der Waals surface area contributed by atoms with E-state index >= 15 is 0 Å². The van der Waals surface area contributed by atoms with Crippen LogP contribution in [0.25, 0.3) is 0 Å². The number of rotatable bonds is 5. The molecule has 10 heteroatoms. The predicted octanol–water partition coefficient (Wildman–Crippen LogP) is 6.49. The van der Waals surface area contributed by atoms with E-state index in [0.717, 1.165) is 21.2 Å².